The van der Waals surface area contributed by atoms with Crippen LogP contribution in [-0.4, -0.2) is 52.9 Å². The molecule has 0 saturated carbocycles. The van der Waals surface area contributed by atoms with Gasteiger partial charge in [0.2, 0.25) is 0 Å². The van der Waals surface area contributed by atoms with Crippen LogP contribution in [0.1, 0.15) is 12.5 Å². The van der Waals surface area contributed by atoms with Gasteiger partial charge in [0.25, 0.3) is 0 Å². The molecule has 10 heteroatoms. The lowest BCUT2D eigenvalue weighted by molar-refractivity contribution is -0.274. The van der Waals surface area contributed by atoms with E-state index in [1.54, 1.807) is 11.0 Å². The quantitative estimate of drug-likeness (QED) is 0.833. The fraction of sp³-hybridized carbons (Fsp3) is 0.368. The predicted octanol–water partition coefficient (Wildman–Crippen LogP) is 3.27. The molecular formula is C19H21F3N4O3. The number of pyridine rings is 1. The highest BCUT2D eigenvalue weighted by atomic mass is 19.4. The molecule has 3 rings (SSSR count). The van der Waals surface area contributed by atoms with E-state index in [4.69, 9.17) is 10.5 Å². The topological polar surface area (TPSA) is 80.9 Å². The summed E-state index contributed by atoms with van der Waals surface area (Å²) in [6.07, 6.45) is -2.36. The van der Waals surface area contributed by atoms with E-state index in [-0.39, 0.29) is 17.5 Å². The van der Waals surface area contributed by atoms with Crippen molar-refractivity contribution in [1.82, 2.24) is 14.8 Å². The lowest BCUT2D eigenvalue weighted by Crippen LogP contribution is -2.54. The van der Waals surface area contributed by atoms with E-state index in [2.05, 4.69) is 14.6 Å². The van der Waals surface area contributed by atoms with Crippen molar-refractivity contribution in [2.45, 2.75) is 25.9 Å². The molecule has 29 heavy (non-hydrogen) atoms. The highest BCUT2D eigenvalue weighted by Gasteiger charge is 2.31. The highest BCUT2D eigenvalue weighted by Crippen LogP contribution is 2.24. The number of nitrogens with zero attached hydrogens (tertiary/aromatic N) is 3. The van der Waals surface area contributed by atoms with Gasteiger partial charge in [-0.1, -0.05) is 12.1 Å². The van der Waals surface area contributed by atoms with Crippen molar-refractivity contribution >= 4 is 11.8 Å². The number of rotatable bonds is 4. The molecule has 0 unspecified atom stereocenters. The van der Waals surface area contributed by atoms with Crippen molar-refractivity contribution in [1.29, 1.82) is 0 Å². The van der Waals surface area contributed by atoms with Crippen molar-refractivity contribution in [3.05, 3.63) is 48.3 Å². The van der Waals surface area contributed by atoms with Crippen LogP contribution in [0.25, 0.3) is 0 Å². The van der Waals surface area contributed by atoms with E-state index in [9.17, 15) is 18.0 Å². The van der Waals surface area contributed by atoms with Gasteiger partial charge in [0, 0.05) is 38.3 Å². The molecule has 0 bridgehead atoms. The maximum absolute atomic E-state index is 12.4. The number of halogens is 3. The number of benzene rings is 1. The van der Waals surface area contributed by atoms with Gasteiger partial charge in [-0.25, -0.2) is 4.79 Å². The first-order valence-electron chi connectivity index (χ1n) is 8.95. The second-order valence-corrected chi connectivity index (χ2v) is 6.79. The van der Waals surface area contributed by atoms with E-state index in [0.717, 1.165) is 0 Å². The summed E-state index contributed by atoms with van der Waals surface area (Å²) < 4.78 is 46.4. The molecule has 2 aromatic rings. The maximum Gasteiger partial charge on any atom is 0.573 e. The number of hydrogen-bond donors (Lipinski definition) is 1. The number of alkyl halides is 3. The van der Waals surface area contributed by atoms with Crippen LogP contribution in [0.2, 0.25) is 0 Å². The standard InChI is InChI=1S/C19H21F3N4O3/c1-13-11-25(12-14-3-2-4-16(7-14)29-19(20,21)22)5-6-26(13)18(27)28-17-8-15(23)9-24-10-17/h2-4,7-10,13H,5-6,11-12,23H2,1H3/t13-/m1/s1. The first kappa shape index (κ1) is 20.7. The van der Waals surface area contributed by atoms with Gasteiger partial charge in [0.15, 0.2) is 5.75 Å². The Hall–Kier alpha value is -3.01. The molecule has 1 aromatic heterocycles. The maximum atomic E-state index is 12.4. The molecule has 7 nitrogen and oxygen atoms in total. The van der Waals surface area contributed by atoms with Gasteiger partial charge in [-0.15, -0.1) is 13.2 Å². The zero-order valence-electron chi connectivity index (χ0n) is 15.7. The molecule has 1 aromatic carbocycles. The lowest BCUT2D eigenvalue weighted by atomic mass is 10.1. The molecule has 156 valence electrons. The number of nitrogen functional groups attached to an aromatic ring is 1. The molecular weight excluding hydrogens is 389 g/mol. The number of hydrogen-bond acceptors (Lipinski definition) is 6. The molecule has 1 saturated heterocycles. The number of ether oxygens (including phenoxy) is 2. The molecule has 0 aliphatic carbocycles. The van der Waals surface area contributed by atoms with Crippen LogP contribution in [0.15, 0.2) is 42.7 Å². The van der Waals surface area contributed by atoms with E-state index < -0.39 is 12.5 Å². The van der Waals surface area contributed by atoms with Crippen molar-refractivity contribution in [3.8, 4) is 11.5 Å². The summed E-state index contributed by atoms with van der Waals surface area (Å²) in [5, 5.41) is 0. The van der Waals surface area contributed by atoms with Crippen LogP contribution in [-0.2, 0) is 6.54 Å². The Morgan fingerprint density at radius 3 is 2.72 bits per heavy atom. The highest BCUT2D eigenvalue weighted by molar-refractivity contribution is 5.71. The largest absolute Gasteiger partial charge is 0.573 e. The first-order chi connectivity index (χ1) is 13.7. The molecule has 1 aliphatic rings. The van der Waals surface area contributed by atoms with Crippen molar-refractivity contribution in [2.75, 3.05) is 25.4 Å². The summed E-state index contributed by atoms with van der Waals surface area (Å²) in [4.78, 5) is 20.0. The van der Waals surface area contributed by atoms with Crippen LogP contribution in [0, 0.1) is 0 Å². The average molecular weight is 410 g/mol. The number of carbonyl (C=O) groups is 1. The molecule has 2 N–H and O–H groups in total. The Morgan fingerprint density at radius 1 is 1.24 bits per heavy atom. The minimum atomic E-state index is -4.72. The summed E-state index contributed by atoms with van der Waals surface area (Å²) >= 11 is 0. The summed E-state index contributed by atoms with van der Waals surface area (Å²) in [5.74, 6) is 0.0205. The molecule has 1 aliphatic heterocycles. The normalized spacial score (nSPS) is 17.8. The third-order valence-corrected chi connectivity index (χ3v) is 4.42. The fourth-order valence-corrected chi connectivity index (χ4v) is 3.20. The SMILES string of the molecule is C[C@@H]1CN(Cc2cccc(OC(F)(F)F)c2)CCN1C(=O)Oc1cncc(N)c1. The summed E-state index contributed by atoms with van der Waals surface area (Å²) in [6.45, 7) is 3.86. The Labute approximate surface area is 165 Å². The number of amides is 1. The minimum Gasteiger partial charge on any atom is -0.408 e. The third kappa shape index (κ3) is 5.98. The van der Waals surface area contributed by atoms with Gasteiger partial charge in [0.05, 0.1) is 18.1 Å². The smallest absolute Gasteiger partial charge is 0.408 e. The molecule has 1 fully saturated rings. The number of carbonyl (C=O) groups excluding carboxylic acids is 1. The molecule has 1 amide bonds. The molecule has 0 radical (unpaired) electrons. The van der Waals surface area contributed by atoms with Crippen LogP contribution >= 0.6 is 0 Å². The zero-order chi connectivity index (χ0) is 21.0. The molecule has 2 heterocycles. The fourth-order valence-electron chi connectivity index (χ4n) is 3.20. The summed E-state index contributed by atoms with van der Waals surface area (Å²) in [5.41, 5.74) is 6.72. The van der Waals surface area contributed by atoms with E-state index in [1.807, 2.05) is 6.92 Å². The van der Waals surface area contributed by atoms with Gasteiger partial charge >= 0.3 is 12.5 Å². The summed E-state index contributed by atoms with van der Waals surface area (Å²) in [6, 6.07) is 7.26. The molecule has 0 spiro atoms. The van der Waals surface area contributed by atoms with Crippen molar-refractivity contribution < 1.29 is 27.4 Å². The Morgan fingerprint density at radius 2 is 2.03 bits per heavy atom. The van der Waals surface area contributed by atoms with Crippen LogP contribution < -0.4 is 15.2 Å². The second-order valence-electron chi connectivity index (χ2n) is 6.79. The van der Waals surface area contributed by atoms with Gasteiger partial charge in [-0.3, -0.25) is 9.88 Å². The van der Waals surface area contributed by atoms with E-state index in [0.29, 0.717) is 37.4 Å². The Balaban J connectivity index is 1.56. The van der Waals surface area contributed by atoms with Crippen LogP contribution in [0.5, 0.6) is 11.5 Å². The van der Waals surface area contributed by atoms with Gasteiger partial charge in [-0.05, 0) is 24.6 Å². The van der Waals surface area contributed by atoms with Gasteiger partial charge in [0.1, 0.15) is 5.75 Å². The Kier molecular flexibility index (Phi) is 6.12. The van der Waals surface area contributed by atoms with Crippen molar-refractivity contribution in [2.24, 2.45) is 0 Å². The van der Waals surface area contributed by atoms with Gasteiger partial charge in [-0.2, -0.15) is 0 Å². The first-order valence-corrected chi connectivity index (χ1v) is 8.95. The monoisotopic (exact) mass is 410 g/mol. The van der Waals surface area contributed by atoms with E-state index in [1.165, 1.54) is 36.7 Å². The average Bonchev–Trinajstić information content (AvgIpc) is 2.60. The van der Waals surface area contributed by atoms with Crippen LogP contribution in [0.4, 0.5) is 23.7 Å². The Bertz CT molecular complexity index is 863. The predicted molar refractivity (Wildman–Crippen MR) is 99.2 cm³/mol. The number of piperazine rings is 1. The second kappa shape index (κ2) is 8.56. The third-order valence-electron chi connectivity index (χ3n) is 4.42. The lowest BCUT2D eigenvalue weighted by Gasteiger charge is -2.39. The van der Waals surface area contributed by atoms with E-state index >= 15 is 0 Å². The summed E-state index contributed by atoms with van der Waals surface area (Å²) in [7, 11) is 0. The number of aromatic nitrogens is 1. The zero-order valence-corrected chi connectivity index (χ0v) is 15.7. The molecule has 1 atom stereocenters. The minimum absolute atomic E-state index is 0.139. The van der Waals surface area contributed by atoms with Gasteiger partial charge < -0.3 is 20.1 Å². The number of nitrogens with two attached hydrogens (primary N) is 1. The van der Waals surface area contributed by atoms with Crippen LogP contribution in [0.3, 0.4) is 0 Å². The van der Waals surface area contributed by atoms with Crippen molar-refractivity contribution in [3.63, 3.8) is 0 Å². The number of anilines is 1.